The molecule has 0 atom stereocenters. The second-order valence-corrected chi connectivity index (χ2v) is 3.78. The molecular formula is C9H12Cl2N4. The van der Waals surface area contributed by atoms with Crippen molar-refractivity contribution in [3.8, 4) is 0 Å². The minimum absolute atomic E-state index is 0.178. The number of aryl methyl sites for hydroxylation is 1. The first-order valence-corrected chi connectivity index (χ1v) is 5.14. The Morgan fingerprint density at radius 2 is 2.13 bits per heavy atom. The number of nitrogens with two attached hydrogens (primary N) is 1. The van der Waals surface area contributed by atoms with Crippen molar-refractivity contribution in [1.29, 1.82) is 5.41 Å². The molecule has 0 aromatic heterocycles. The molecule has 0 spiro atoms. The van der Waals surface area contributed by atoms with Gasteiger partial charge in [-0.1, -0.05) is 30.1 Å². The molecule has 0 aliphatic rings. The molecule has 0 heterocycles. The van der Waals surface area contributed by atoms with Crippen molar-refractivity contribution < 1.29 is 0 Å². The molecule has 0 fully saturated rings. The summed E-state index contributed by atoms with van der Waals surface area (Å²) in [5, 5.41) is 8.10. The number of anilines is 1. The van der Waals surface area contributed by atoms with E-state index in [1.54, 1.807) is 6.07 Å². The maximum atomic E-state index is 7.02. The molecule has 1 aromatic rings. The lowest BCUT2D eigenvalue weighted by Crippen LogP contribution is -2.35. The van der Waals surface area contributed by atoms with E-state index in [-0.39, 0.29) is 5.96 Å². The molecular weight excluding hydrogens is 235 g/mol. The van der Waals surface area contributed by atoms with E-state index in [4.69, 9.17) is 34.3 Å². The lowest BCUT2D eigenvalue weighted by atomic mass is 10.1. The normalized spacial score (nSPS) is 9.80. The zero-order valence-electron chi connectivity index (χ0n) is 8.20. The van der Waals surface area contributed by atoms with E-state index in [9.17, 15) is 0 Å². The van der Waals surface area contributed by atoms with Gasteiger partial charge in [0.2, 0.25) is 5.96 Å². The maximum absolute atomic E-state index is 7.02. The van der Waals surface area contributed by atoms with Gasteiger partial charge in [-0.25, -0.2) is 0 Å². The van der Waals surface area contributed by atoms with Gasteiger partial charge >= 0.3 is 0 Å². The van der Waals surface area contributed by atoms with Crippen LogP contribution in [0.25, 0.3) is 0 Å². The van der Waals surface area contributed by atoms with Gasteiger partial charge in [-0.05, 0) is 24.1 Å². The van der Waals surface area contributed by atoms with Crippen LogP contribution in [0.4, 0.5) is 5.69 Å². The van der Waals surface area contributed by atoms with E-state index in [1.807, 2.05) is 13.0 Å². The van der Waals surface area contributed by atoms with Crippen molar-refractivity contribution in [1.82, 2.24) is 5.43 Å². The second-order valence-electron chi connectivity index (χ2n) is 2.94. The van der Waals surface area contributed by atoms with Gasteiger partial charge in [-0.3, -0.25) is 16.3 Å². The number of nitrogens with one attached hydrogen (secondary N) is 3. The summed E-state index contributed by atoms with van der Waals surface area (Å²) in [6.07, 6.45) is 0.780. The van der Waals surface area contributed by atoms with E-state index >= 15 is 0 Å². The average Bonchev–Trinajstić information content (AvgIpc) is 2.14. The van der Waals surface area contributed by atoms with Gasteiger partial charge in [0.15, 0.2) is 0 Å². The lowest BCUT2D eigenvalue weighted by Gasteiger charge is -2.13. The molecule has 0 unspecified atom stereocenters. The molecule has 4 nitrogen and oxygen atoms in total. The van der Waals surface area contributed by atoms with Gasteiger partial charge in [0, 0.05) is 5.02 Å². The predicted molar refractivity (Wildman–Crippen MR) is 64.5 cm³/mol. The van der Waals surface area contributed by atoms with Crippen LogP contribution in [0.15, 0.2) is 12.1 Å². The molecule has 1 aromatic carbocycles. The van der Waals surface area contributed by atoms with Crippen molar-refractivity contribution in [2.75, 3.05) is 5.43 Å². The summed E-state index contributed by atoms with van der Waals surface area (Å²) >= 11 is 11.9. The Kier molecular flexibility index (Phi) is 4.05. The Bertz CT molecular complexity index is 379. The molecule has 0 radical (unpaired) electrons. The highest BCUT2D eigenvalue weighted by atomic mass is 35.5. The molecule has 5 N–H and O–H groups in total. The van der Waals surface area contributed by atoms with E-state index in [0.717, 1.165) is 12.0 Å². The highest BCUT2D eigenvalue weighted by molar-refractivity contribution is 6.36. The summed E-state index contributed by atoms with van der Waals surface area (Å²) in [5.74, 6) is -0.178. The van der Waals surface area contributed by atoms with Gasteiger partial charge in [-0.2, -0.15) is 0 Å². The summed E-state index contributed by atoms with van der Waals surface area (Å²) < 4.78 is 0. The Hall–Kier alpha value is -1.13. The fourth-order valence-electron chi connectivity index (χ4n) is 1.18. The fourth-order valence-corrected chi connectivity index (χ4v) is 1.76. The van der Waals surface area contributed by atoms with Crippen molar-refractivity contribution in [3.05, 3.63) is 27.7 Å². The zero-order chi connectivity index (χ0) is 11.4. The number of benzene rings is 1. The van der Waals surface area contributed by atoms with Crippen molar-refractivity contribution in [2.24, 2.45) is 5.73 Å². The van der Waals surface area contributed by atoms with Gasteiger partial charge in [0.05, 0.1) is 10.7 Å². The highest BCUT2D eigenvalue weighted by Crippen LogP contribution is 2.29. The van der Waals surface area contributed by atoms with Crippen LogP contribution in [0.2, 0.25) is 10.0 Å². The summed E-state index contributed by atoms with van der Waals surface area (Å²) in [7, 11) is 0. The van der Waals surface area contributed by atoms with Crippen LogP contribution in [0.1, 0.15) is 12.5 Å². The van der Waals surface area contributed by atoms with Gasteiger partial charge in [0.1, 0.15) is 0 Å². The third kappa shape index (κ3) is 3.18. The summed E-state index contributed by atoms with van der Waals surface area (Å²) in [6, 6.07) is 3.45. The Labute approximate surface area is 98.2 Å². The third-order valence-corrected chi connectivity index (χ3v) is 2.36. The van der Waals surface area contributed by atoms with Crippen LogP contribution in [0.5, 0.6) is 0 Å². The number of guanidine groups is 1. The van der Waals surface area contributed by atoms with E-state index in [2.05, 4.69) is 10.9 Å². The minimum atomic E-state index is -0.178. The van der Waals surface area contributed by atoms with Crippen LogP contribution < -0.4 is 16.6 Å². The van der Waals surface area contributed by atoms with Gasteiger partial charge in [0.25, 0.3) is 0 Å². The largest absolute Gasteiger partial charge is 0.369 e. The SMILES string of the molecule is CCc1cc(Cl)cc(Cl)c1NNC(=N)N. The summed E-state index contributed by atoms with van der Waals surface area (Å²) in [6.45, 7) is 1.99. The van der Waals surface area contributed by atoms with Crippen LogP contribution in [-0.2, 0) is 6.42 Å². The molecule has 82 valence electrons. The Morgan fingerprint density at radius 3 is 2.67 bits per heavy atom. The molecule has 0 saturated carbocycles. The number of hydrogen-bond donors (Lipinski definition) is 4. The van der Waals surface area contributed by atoms with Gasteiger partial charge < -0.3 is 5.73 Å². The standard InChI is InChI=1S/C9H12Cl2N4/c1-2-5-3-6(10)4-7(11)8(5)14-15-9(12)13/h3-4,14H,2H2,1H3,(H4,12,13,15). The maximum Gasteiger partial charge on any atom is 0.204 e. The summed E-state index contributed by atoms with van der Waals surface area (Å²) in [4.78, 5) is 0. The van der Waals surface area contributed by atoms with Crippen molar-refractivity contribution >= 4 is 34.8 Å². The van der Waals surface area contributed by atoms with E-state index in [0.29, 0.717) is 15.7 Å². The van der Waals surface area contributed by atoms with Crippen LogP contribution in [0.3, 0.4) is 0 Å². The van der Waals surface area contributed by atoms with E-state index < -0.39 is 0 Å². The minimum Gasteiger partial charge on any atom is -0.369 e. The number of hydrogen-bond acceptors (Lipinski definition) is 2. The molecule has 0 bridgehead atoms. The second kappa shape index (κ2) is 5.09. The van der Waals surface area contributed by atoms with E-state index in [1.165, 1.54) is 0 Å². The molecule has 0 amide bonds. The smallest absolute Gasteiger partial charge is 0.204 e. The molecule has 6 heteroatoms. The van der Waals surface area contributed by atoms with Crippen LogP contribution in [-0.4, -0.2) is 5.96 Å². The number of hydrazine groups is 1. The van der Waals surface area contributed by atoms with Crippen LogP contribution in [0, 0.1) is 5.41 Å². The zero-order valence-corrected chi connectivity index (χ0v) is 9.71. The van der Waals surface area contributed by atoms with Crippen LogP contribution >= 0.6 is 23.2 Å². The molecule has 0 aliphatic heterocycles. The monoisotopic (exact) mass is 246 g/mol. The Morgan fingerprint density at radius 1 is 1.47 bits per heavy atom. The first-order valence-electron chi connectivity index (χ1n) is 4.38. The third-order valence-electron chi connectivity index (χ3n) is 1.84. The Balaban J connectivity index is 2.98. The number of halogens is 2. The molecule has 0 saturated heterocycles. The van der Waals surface area contributed by atoms with Crippen molar-refractivity contribution in [3.63, 3.8) is 0 Å². The average molecular weight is 247 g/mol. The predicted octanol–water partition coefficient (Wildman–Crippen LogP) is 2.37. The highest BCUT2D eigenvalue weighted by Gasteiger charge is 2.07. The van der Waals surface area contributed by atoms with Gasteiger partial charge in [-0.15, -0.1) is 0 Å². The quantitative estimate of drug-likeness (QED) is 0.376. The topological polar surface area (TPSA) is 73.9 Å². The molecule has 1 rings (SSSR count). The first kappa shape index (κ1) is 11.9. The molecule has 0 aliphatic carbocycles. The molecule has 15 heavy (non-hydrogen) atoms. The first-order chi connectivity index (χ1) is 7.04. The number of rotatable bonds is 3. The fraction of sp³-hybridized carbons (Fsp3) is 0.222. The lowest BCUT2D eigenvalue weighted by molar-refractivity contribution is 1.05. The summed E-state index contributed by atoms with van der Waals surface area (Å²) in [5.41, 5.74) is 12.1. The van der Waals surface area contributed by atoms with Crippen molar-refractivity contribution in [2.45, 2.75) is 13.3 Å².